The van der Waals surface area contributed by atoms with Gasteiger partial charge in [0.05, 0.1) is 17.4 Å². The fourth-order valence-corrected chi connectivity index (χ4v) is 2.10. The van der Waals surface area contributed by atoms with Crippen molar-refractivity contribution >= 4 is 5.91 Å². The highest BCUT2D eigenvalue weighted by atomic mass is 16.2. The molecule has 112 valence electrons. The van der Waals surface area contributed by atoms with Gasteiger partial charge in [0.1, 0.15) is 0 Å². The highest BCUT2D eigenvalue weighted by molar-refractivity contribution is 5.85. The average molecular weight is 286 g/mol. The lowest BCUT2D eigenvalue weighted by Crippen LogP contribution is -2.52. The summed E-state index contributed by atoms with van der Waals surface area (Å²) in [5, 5.41) is 7.19. The standard InChI is InChI=1S/C16H22N4O/c1-3-16(17,4-2)15(21)18-10-13-11-19-20(12-13)14-8-6-5-7-9-14/h5-9,11-12H,3-4,10,17H2,1-2H3,(H,18,21). The summed E-state index contributed by atoms with van der Waals surface area (Å²) in [7, 11) is 0. The van der Waals surface area contributed by atoms with Crippen LogP contribution in [0.1, 0.15) is 32.3 Å². The number of hydrogen-bond donors (Lipinski definition) is 2. The fourth-order valence-electron chi connectivity index (χ4n) is 2.10. The summed E-state index contributed by atoms with van der Waals surface area (Å²) in [6.45, 7) is 4.29. The van der Waals surface area contributed by atoms with Gasteiger partial charge >= 0.3 is 0 Å². The van der Waals surface area contributed by atoms with Gasteiger partial charge in [-0.15, -0.1) is 0 Å². The van der Waals surface area contributed by atoms with Crippen LogP contribution in [0.4, 0.5) is 0 Å². The lowest BCUT2D eigenvalue weighted by molar-refractivity contribution is -0.126. The van der Waals surface area contributed by atoms with Crippen LogP contribution in [0.5, 0.6) is 0 Å². The molecule has 5 nitrogen and oxygen atoms in total. The zero-order valence-corrected chi connectivity index (χ0v) is 12.5. The Morgan fingerprint density at radius 3 is 2.57 bits per heavy atom. The smallest absolute Gasteiger partial charge is 0.240 e. The zero-order chi connectivity index (χ0) is 15.3. The molecule has 0 fully saturated rings. The Labute approximate surface area is 125 Å². The number of benzene rings is 1. The minimum absolute atomic E-state index is 0.111. The van der Waals surface area contributed by atoms with Gasteiger partial charge in [0.15, 0.2) is 0 Å². The molecule has 1 heterocycles. The Kier molecular flexibility index (Phi) is 4.75. The number of nitrogens with one attached hydrogen (secondary N) is 1. The molecular weight excluding hydrogens is 264 g/mol. The van der Waals surface area contributed by atoms with Crippen molar-refractivity contribution in [3.63, 3.8) is 0 Å². The molecule has 0 saturated carbocycles. The molecule has 5 heteroatoms. The Hall–Kier alpha value is -2.14. The molecule has 1 aromatic carbocycles. The van der Waals surface area contributed by atoms with E-state index in [0.29, 0.717) is 19.4 Å². The molecule has 0 atom stereocenters. The van der Waals surface area contributed by atoms with Crippen LogP contribution in [0.25, 0.3) is 5.69 Å². The number of nitrogens with zero attached hydrogens (tertiary/aromatic N) is 2. The SMILES string of the molecule is CCC(N)(CC)C(=O)NCc1cnn(-c2ccccc2)c1. The van der Waals surface area contributed by atoms with Gasteiger partial charge in [-0.1, -0.05) is 32.0 Å². The second-order valence-corrected chi connectivity index (χ2v) is 5.17. The van der Waals surface area contributed by atoms with E-state index in [4.69, 9.17) is 5.73 Å². The van der Waals surface area contributed by atoms with Gasteiger partial charge in [-0.2, -0.15) is 5.10 Å². The maximum absolute atomic E-state index is 12.1. The summed E-state index contributed by atoms with van der Waals surface area (Å²) < 4.78 is 1.79. The molecule has 0 aliphatic carbocycles. The number of amides is 1. The van der Waals surface area contributed by atoms with Crippen LogP contribution in [-0.4, -0.2) is 21.2 Å². The predicted octanol–water partition coefficient (Wildman–Crippen LogP) is 2.01. The quantitative estimate of drug-likeness (QED) is 0.853. The largest absolute Gasteiger partial charge is 0.350 e. The first-order valence-electron chi connectivity index (χ1n) is 7.25. The second-order valence-electron chi connectivity index (χ2n) is 5.17. The van der Waals surface area contributed by atoms with Gasteiger partial charge < -0.3 is 11.1 Å². The molecule has 0 bridgehead atoms. The van der Waals surface area contributed by atoms with E-state index >= 15 is 0 Å². The summed E-state index contributed by atoms with van der Waals surface area (Å²) in [4.78, 5) is 12.1. The number of rotatable bonds is 6. The van der Waals surface area contributed by atoms with Crippen LogP contribution in [0.3, 0.4) is 0 Å². The van der Waals surface area contributed by atoms with E-state index in [1.54, 1.807) is 10.9 Å². The molecule has 0 radical (unpaired) electrons. The van der Waals surface area contributed by atoms with Crippen molar-refractivity contribution in [1.29, 1.82) is 0 Å². The Morgan fingerprint density at radius 2 is 1.95 bits per heavy atom. The van der Waals surface area contributed by atoms with E-state index in [2.05, 4.69) is 10.4 Å². The lowest BCUT2D eigenvalue weighted by Gasteiger charge is -2.24. The van der Waals surface area contributed by atoms with E-state index in [0.717, 1.165) is 11.3 Å². The maximum Gasteiger partial charge on any atom is 0.240 e. The maximum atomic E-state index is 12.1. The van der Waals surface area contributed by atoms with Crippen molar-refractivity contribution in [2.45, 2.75) is 38.8 Å². The Morgan fingerprint density at radius 1 is 1.29 bits per heavy atom. The average Bonchev–Trinajstić information content (AvgIpc) is 3.01. The predicted molar refractivity (Wildman–Crippen MR) is 82.9 cm³/mol. The molecule has 21 heavy (non-hydrogen) atoms. The highest BCUT2D eigenvalue weighted by Gasteiger charge is 2.29. The van der Waals surface area contributed by atoms with E-state index in [1.165, 1.54) is 0 Å². The van der Waals surface area contributed by atoms with Gasteiger partial charge in [0.2, 0.25) is 5.91 Å². The van der Waals surface area contributed by atoms with Crippen LogP contribution in [0.2, 0.25) is 0 Å². The van der Waals surface area contributed by atoms with Crippen molar-refractivity contribution in [2.24, 2.45) is 5.73 Å². The summed E-state index contributed by atoms with van der Waals surface area (Å²) in [6.07, 6.45) is 4.91. The monoisotopic (exact) mass is 286 g/mol. The molecule has 0 aliphatic rings. The topological polar surface area (TPSA) is 72.9 Å². The molecule has 0 spiro atoms. The summed E-state index contributed by atoms with van der Waals surface area (Å²) >= 11 is 0. The molecule has 1 amide bonds. The molecule has 0 aliphatic heterocycles. The van der Waals surface area contributed by atoms with Crippen molar-refractivity contribution in [2.75, 3.05) is 0 Å². The minimum atomic E-state index is -0.782. The van der Waals surface area contributed by atoms with E-state index in [-0.39, 0.29) is 5.91 Å². The normalized spacial score (nSPS) is 11.4. The van der Waals surface area contributed by atoms with Gasteiger partial charge in [-0.25, -0.2) is 4.68 Å². The second kappa shape index (κ2) is 6.54. The van der Waals surface area contributed by atoms with Crippen molar-refractivity contribution in [3.05, 3.63) is 48.3 Å². The van der Waals surface area contributed by atoms with Crippen LogP contribution < -0.4 is 11.1 Å². The number of para-hydroxylation sites is 1. The number of hydrogen-bond acceptors (Lipinski definition) is 3. The lowest BCUT2D eigenvalue weighted by atomic mass is 9.93. The molecule has 2 aromatic rings. The summed E-state index contributed by atoms with van der Waals surface area (Å²) in [5.41, 5.74) is 7.22. The number of carbonyl (C=O) groups excluding carboxylic acids is 1. The first-order valence-corrected chi connectivity index (χ1v) is 7.25. The van der Waals surface area contributed by atoms with Crippen molar-refractivity contribution in [3.8, 4) is 5.69 Å². The first-order chi connectivity index (χ1) is 10.1. The fraction of sp³-hybridized carbons (Fsp3) is 0.375. The first kappa shape index (κ1) is 15.3. The Bertz CT molecular complexity index is 587. The van der Waals surface area contributed by atoms with E-state index in [1.807, 2.05) is 50.4 Å². The van der Waals surface area contributed by atoms with Crippen LogP contribution in [0.15, 0.2) is 42.7 Å². The Balaban J connectivity index is 1.99. The summed E-state index contributed by atoms with van der Waals surface area (Å²) in [5.74, 6) is -0.111. The van der Waals surface area contributed by atoms with E-state index in [9.17, 15) is 4.79 Å². The highest BCUT2D eigenvalue weighted by Crippen LogP contribution is 2.12. The van der Waals surface area contributed by atoms with Gasteiger partial charge in [0, 0.05) is 18.3 Å². The van der Waals surface area contributed by atoms with Crippen molar-refractivity contribution in [1.82, 2.24) is 15.1 Å². The van der Waals surface area contributed by atoms with Crippen molar-refractivity contribution < 1.29 is 4.79 Å². The molecule has 2 rings (SSSR count). The summed E-state index contributed by atoms with van der Waals surface area (Å²) in [6, 6.07) is 9.85. The van der Waals surface area contributed by atoms with Crippen LogP contribution in [0, 0.1) is 0 Å². The van der Waals surface area contributed by atoms with E-state index < -0.39 is 5.54 Å². The van der Waals surface area contributed by atoms with Crippen LogP contribution in [-0.2, 0) is 11.3 Å². The number of aromatic nitrogens is 2. The third kappa shape index (κ3) is 3.49. The molecular formula is C16H22N4O. The third-order valence-corrected chi connectivity index (χ3v) is 3.82. The van der Waals surface area contributed by atoms with Gasteiger partial charge in [-0.3, -0.25) is 4.79 Å². The number of nitrogens with two attached hydrogens (primary N) is 1. The number of carbonyl (C=O) groups is 1. The van der Waals surface area contributed by atoms with Gasteiger partial charge in [0.25, 0.3) is 0 Å². The molecule has 0 unspecified atom stereocenters. The zero-order valence-electron chi connectivity index (χ0n) is 12.5. The molecule has 3 N–H and O–H groups in total. The van der Waals surface area contributed by atoms with Crippen LogP contribution >= 0.6 is 0 Å². The molecule has 0 saturated heterocycles. The minimum Gasteiger partial charge on any atom is -0.350 e. The van der Waals surface area contributed by atoms with Gasteiger partial charge in [-0.05, 0) is 25.0 Å². The third-order valence-electron chi connectivity index (χ3n) is 3.82. The molecule has 1 aromatic heterocycles.